The number of hydrogen-bond donors (Lipinski definition) is 2. The molecule has 4 N–H and O–H groups in total. The molecule has 4 heteroatoms. The fourth-order valence-corrected chi connectivity index (χ4v) is 2.85. The summed E-state index contributed by atoms with van der Waals surface area (Å²) < 4.78 is 10.7. The molecule has 2 rings (SSSR count). The first kappa shape index (κ1) is 13.2. The van der Waals surface area contributed by atoms with E-state index >= 15 is 0 Å². The molecule has 0 aliphatic carbocycles. The average Bonchev–Trinajstić information content (AvgIpc) is 2.93. The number of benzene rings is 1. The zero-order chi connectivity index (χ0) is 13.0. The smallest absolute Gasteiger partial charge is 0.163 e. The van der Waals surface area contributed by atoms with Gasteiger partial charge in [-0.05, 0) is 18.2 Å². The van der Waals surface area contributed by atoms with Crippen molar-refractivity contribution in [3.05, 3.63) is 23.8 Å². The summed E-state index contributed by atoms with van der Waals surface area (Å²) in [7, 11) is 3.35. The Morgan fingerprint density at radius 3 is 2.39 bits per heavy atom. The Kier molecular flexibility index (Phi) is 4.44. The van der Waals surface area contributed by atoms with E-state index in [4.69, 9.17) is 9.47 Å². The maximum Gasteiger partial charge on any atom is 0.163 e. The zero-order valence-corrected chi connectivity index (χ0v) is 11.4. The Morgan fingerprint density at radius 2 is 1.83 bits per heavy atom. The normalized spacial score (nSPS) is 17.7. The maximum absolute atomic E-state index is 5.38. The average molecular weight is 252 g/mol. The van der Waals surface area contributed by atoms with Gasteiger partial charge in [-0.3, -0.25) is 0 Å². The number of nitrogens with one attached hydrogen (secondary N) is 1. The van der Waals surface area contributed by atoms with Gasteiger partial charge in [-0.1, -0.05) is 0 Å². The second-order valence-electron chi connectivity index (χ2n) is 4.82. The first-order chi connectivity index (χ1) is 8.80. The molecule has 0 amide bonds. The van der Waals surface area contributed by atoms with Gasteiger partial charge < -0.3 is 20.1 Å². The lowest BCUT2D eigenvalue weighted by Crippen LogP contribution is -3.11. The highest BCUT2D eigenvalue weighted by molar-refractivity contribution is 5.43. The molecule has 0 bridgehead atoms. The number of ether oxygens (including phenoxy) is 2. The first-order valence-electron chi connectivity index (χ1n) is 6.66. The van der Waals surface area contributed by atoms with Crippen LogP contribution in [0.3, 0.4) is 0 Å². The molecule has 1 saturated heterocycles. The fourth-order valence-electron chi connectivity index (χ4n) is 2.85. The molecule has 1 aromatic carbocycles. The summed E-state index contributed by atoms with van der Waals surface area (Å²) in [6.07, 6.45) is 2.66. The predicted molar refractivity (Wildman–Crippen MR) is 70.0 cm³/mol. The van der Waals surface area contributed by atoms with E-state index < -0.39 is 0 Å². The second kappa shape index (κ2) is 6.07. The third-order valence-electron chi connectivity index (χ3n) is 3.84. The van der Waals surface area contributed by atoms with E-state index in [1.165, 1.54) is 31.5 Å². The molecule has 1 heterocycles. The summed E-state index contributed by atoms with van der Waals surface area (Å²) >= 11 is 0. The second-order valence-corrected chi connectivity index (χ2v) is 4.82. The summed E-state index contributed by atoms with van der Waals surface area (Å²) in [5, 5.41) is 0. The van der Waals surface area contributed by atoms with Crippen molar-refractivity contribution < 1.29 is 20.1 Å². The van der Waals surface area contributed by atoms with Crippen LogP contribution in [0.1, 0.15) is 24.4 Å². The highest BCUT2D eigenvalue weighted by Crippen LogP contribution is 2.29. The highest BCUT2D eigenvalue weighted by atomic mass is 16.5. The molecule has 0 aromatic heterocycles. The predicted octanol–water partition coefficient (Wildman–Crippen LogP) is -0.334. The lowest BCUT2D eigenvalue weighted by atomic mass is 10.0. The standard InChI is InChI=1S/C14H22N2O2/c1-17-13-6-5-11(9-14(13)18-2)12(10-15)16-7-3-4-8-16/h5-6,9,12H,3-4,7-8,10,15H2,1-2H3/p+2/t12-/m0/s1. The van der Waals surface area contributed by atoms with Crippen molar-refractivity contribution in [2.24, 2.45) is 0 Å². The van der Waals surface area contributed by atoms with Crippen molar-refractivity contribution in [1.82, 2.24) is 0 Å². The lowest BCUT2D eigenvalue weighted by Gasteiger charge is -2.22. The van der Waals surface area contributed by atoms with Crippen molar-refractivity contribution in [2.45, 2.75) is 18.9 Å². The van der Waals surface area contributed by atoms with Gasteiger partial charge in [0.25, 0.3) is 0 Å². The Balaban J connectivity index is 2.24. The third-order valence-corrected chi connectivity index (χ3v) is 3.84. The van der Waals surface area contributed by atoms with Crippen LogP contribution in [0.15, 0.2) is 18.2 Å². The van der Waals surface area contributed by atoms with Crippen LogP contribution in [0.2, 0.25) is 0 Å². The van der Waals surface area contributed by atoms with Crippen LogP contribution in [-0.4, -0.2) is 33.9 Å². The van der Waals surface area contributed by atoms with Gasteiger partial charge in [-0.2, -0.15) is 0 Å². The van der Waals surface area contributed by atoms with Gasteiger partial charge >= 0.3 is 0 Å². The van der Waals surface area contributed by atoms with E-state index in [9.17, 15) is 0 Å². The SMILES string of the molecule is COc1ccc([C@H](C[NH3+])[NH+]2CCCC2)cc1OC. The summed E-state index contributed by atoms with van der Waals surface area (Å²) in [4.78, 5) is 1.65. The monoisotopic (exact) mass is 252 g/mol. The molecule has 0 radical (unpaired) electrons. The number of rotatable bonds is 5. The van der Waals surface area contributed by atoms with Crippen LogP contribution in [0.4, 0.5) is 0 Å². The minimum Gasteiger partial charge on any atom is -0.493 e. The Morgan fingerprint density at radius 1 is 1.17 bits per heavy atom. The Hall–Kier alpha value is -1.26. The lowest BCUT2D eigenvalue weighted by molar-refractivity contribution is -0.926. The van der Waals surface area contributed by atoms with Gasteiger partial charge in [0.15, 0.2) is 17.5 Å². The van der Waals surface area contributed by atoms with E-state index in [1.807, 2.05) is 6.07 Å². The van der Waals surface area contributed by atoms with E-state index in [0.717, 1.165) is 18.0 Å². The quantitative estimate of drug-likeness (QED) is 0.753. The largest absolute Gasteiger partial charge is 0.493 e. The molecular formula is C14H24N2O2+2. The molecule has 1 fully saturated rings. The molecule has 0 saturated carbocycles. The topological polar surface area (TPSA) is 50.5 Å². The summed E-state index contributed by atoms with van der Waals surface area (Å²) in [6.45, 7) is 3.44. The minimum absolute atomic E-state index is 0.479. The molecule has 4 nitrogen and oxygen atoms in total. The van der Waals surface area contributed by atoms with Gasteiger partial charge in [0.1, 0.15) is 6.54 Å². The van der Waals surface area contributed by atoms with Crippen LogP contribution in [0.25, 0.3) is 0 Å². The molecule has 0 unspecified atom stereocenters. The van der Waals surface area contributed by atoms with Crippen molar-refractivity contribution in [3.63, 3.8) is 0 Å². The summed E-state index contributed by atoms with van der Waals surface area (Å²) in [6, 6.07) is 6.71. The van der Waals surface area contributed by atoms with E-state index in [1.54, 1.807) is 19.1 Å². The van der Waals surface area contributed by atoms with E-state index in [0.29, 0.717) is 6.04 Å². The zero-order valence-electron chi connectivity index (χ0n) is 11.4. The van der Waals surface area contributed by atoms with Crippen molar-refractivity contribution in [1.29, 1.82) is 0 Å². The molecule has 1 atom stereocenters. The van der Waals surface area contributed by atoms with Gasteiger partial charge in [0.05, 0.1) is 27.3 Å². The number of hydrogen-bond acceptors (Lipinski definition) is 2. The van der Waals surface area contributed by atoms with Crippen molar-refractivity contribution in [2.75, 3.05) is 33.9 Å². The van der Waals surface area contributed by atoms with Crippen LogP contribution in [0.5, 0.6) is 11.5 Å². The van der Waals surface area contributed by atoms with Gasteiger partial charge in [-0.15, -0.1) is 0 Å². The third kappa shape index (κ3) is 2.60. The van der Waals surface area contributed by atoms with Crippen molar-refractivity contribution >= 4 is 0 Å². The van der Waals surface area contributed by atoms with E-state index in [-0.39, 0.29) is 0 Å². The number of methoxy groups -OCH3 is 2. The summed E-state index contributed by atoms with van der Waals surface area (Å²) in [5.41, 5.74) is 5.42. The molecule has 1 aromatic rings. The fraction of sp³-hybridized carbons (Fsp3) is 0.571. The summed E-state index contributed by atoms with van der Waals surface area (Å²) in [5.74, 6) is 1.60. The van der Waals surface area contributed by atoms with Crippen LogP contribution < -0.4 is 20.1 Å². The number of quaternary nitrogens is 2. The Bertz CT molecular complexity index is 389. The molecule has 1 aliphatic heterocycles. The molecule has 100 valence electrons. The van der Waals surface area contributed by atoms with Crippen LogP contribution in [0, 0.1) is 0 Å². The highest BCUT2D eigenvalue weighted by Gasteiger charge is 2.28. The maximum atomic E-state index is 5.38. The van der Waals surface area contributed by atoms with Crippen LogP contribution in [-0.2, 0) is 0 Å². The Labute approximate surface area is 109 Å². The van der Waals surface area contributed by atoms with Crippen LogP contribution >= 0.6 is 0 Å². The molecular weight excluding hydrogens is 228 g/mol. The van der Waals surface area contributed by atoms with Gasteiger partial charge in [0.2, 0.25) is 0 Å². The molecule has 0 spiro atoms. The van der Waals surface area contributed by atoms with Gasteiger partial charge in [-0.25, -0.2) is 0 Å². The minimum atomic E-state index is 0.479. The molecule has 18 heavy (non-hydrogen) atoms. The number of likely N-dealkylation sites (tertiary alicyclic amines) is 1. The first-order valence-corrected chi connectivity index (χ1v) is 6.66. The van der Waals surface area contributed by atoms with Crippen molar-refractivity contribution in [3.8, 4) is 11.5 Å². The van der Waals surface area contributed by atoms with Gasteiger partial charge in [0, 0.05) is 18.4 Å². The molecule has 1 aliphatic rings. The van der Waals surface area contributed by atoms with E-state index in [2.05, 4.69) is 17.9 Å².